The maximum atomic E-state index is 11.1. The molecule has 0 aliphatic carbocycles. The summed E-state index contributed by atoms with van der Waals surface area (Å²) in [5.74, 6) is 0. The predicted octanol–water partition coefficient (Wildman–Crippen LogP) is 6.97. The van der Waals surface area contributed by atoms with Crippen molar-refractivity contribution in [1.82, 2.24) is 4.57 Å². The highest BCUT2D eigenvalue weighted by Crippen LogP contribution is 2.36. The van der Waals surface area contributed by atoms with Gasteiger partial charge in [-0.2, -0.15) is 0 Å². The number of oxime groups is 1. The Bertz CT molecular complexity index is 1340. The maximum Gasteiger partial charge on any atom is 0.269 e. The Hall–Kier alpha value is -3.67. The second-order valence-corrected chi connectivity index (χ2v) is 9.12. The van der Waals surface area contributed by atoms with Gasteiger partial charge in [0, 0.05) is 34.2 Å². The third-order valence-electron chi connectivity index (χ3n) is 5.89. The van der Waals surface area contributed by atoms with Gasteiger partial charge in [-0.15, -0.1) is 0 Å². The number of hydrogen-bond acceptors (Lipinski definition) is 4. The Morgan fingerprint density at radius 1 is 1.00 bits per heavy atom. The van der Waals surface area contributed by atoms with Crippen molar-refractivity contribution in [2.24, 2.45) is 5.16 Å². The molecule has 0 atom stereocenters. The van der Waals surface area contributed by atoms with E-state index >= 15 is 0 Å². The van der Waals surface area contributed by atoms with Crippen molar-refractivity contribution in [1.29, 1.82) is 0 Å². The van der Waals surface area contributed by atoms with E-state index in [2.05, 4.69) is 61.7 Å². The number of non-ortho nitro benzene ring substituents is 1. The summed E-state index contributed by atoms with van der Waals surface area (Å²) in [5, 5.41) is 26.3. The third-order valence-corrected chi connectivity index (χ3v) is 5.89. The molecule has 0 fully saturated rings. The first-order chi connectivity index (χ1) is 15.2. The van der Waals surface area contributed by atoms with Gasteiger partial charge >= 0.3 is 0 Å². The lowest BCUT2D eigenvalue weighted by atomic mass is 9.86. The molecule has 6 nitrogen and oxygen atoms in total. The molecule has 3 aromatic carbocycles. The predicted molar refractivity (Wildman–Crippen MR) is 129 cm³/mol. The average molecular weight is 430 g/mol. The van der Waals surface area contributed by atoms with Gasteiger partial charge in [0.05, 0.1) is 21.7 Å². The normalized spacial score (nSPS) is 12.6. The van der Waals surface area contributed by atoms with Crippen molar-refractivity contribution in [3.05, 3.63) is 81.9 Å². The SMILES string of the molecule is CCC/C(=N\O)c1ccc2c(c1)c1cc(C(C)(C)C)ccc1n2-c1ccc([N+](=O)[O-])cc1. The van der Waals surface area contributed by atoms with Gasteiger partial charge in [-0.05, 0) is 53.8 Å². The van der Waals surface area contributed by atoms with E-state index in [1.807, 2.05) is 12.1 Å². The Kier molecular flexibility index (Phi) is 5.46. The van der Waals surface area contributed by atoms with Crippen LogP contribution in [-0.2, 0) is 5.41 Å². The van der Waals surface area contributed by atoms with E-state index in [-0.39, 0.29) is 16.0 Å². The lowest BCUT2D eigenvalue weighted by molar-refractivity contribution is -0.384. The summed E-state index contributed by atoms with van der Waals surface area (Å²) in [6, 6.07) is 19.2. The second kappa shape index (κ2) is 8.11. The minimum atomic E-state index is -0.388. The van der Waals surface area contributed by atoms with Gasteiger partial charge in [0.2, 0.25) is 0 Å². The smallest absolute Gasteiger partial charge is 0.269 e. The number of fused-ring (bicyclic) bond motifs is 3. The number of nitro benzene ring substituents is 1. The van der Waals surface area contributed by atoms with Crippen molar-refractivity contribution >= 4 is 33.2 Å². The molecule has 1 aromatic heterocycles. The fourth-order valence-corrected chi connectivity index (χ4v) is 4.16. The first-order valence-corrected chi connectivity index (χ1v) is 10.8. The summed E-state index contributed by atoms with van der Waals surface area (Å²) >= 11 is 0. The van der Waals surface area contributed by atoms with Crippen molar-refractivity contribution in [2.75, 3.05) is 0 Å². The molecule has 0 spiro atoms. The summed E-state index contributed by atoms with van der Waals surface area (Å²) in [6.45, 7) is 8.62. The van der Waals surface area contributed by atoms with E-state index in [1.165, 1.54) is 17.7 Å². The highest BCUT2D eigenvalue weighted by Gasteiger charge is 2.19. The molecule has 6 heteroatoms. The van der Waals surface area contributed by atoms with Crippen LogP contribution in [0.4, 0.5) is 5.69 Å². The molecule has 1 heterocycles. The Labute approximate surface area is 186 Å². The van der Waals surface area contributed by atoms with Crippen LogP contribution in [0.1, 0.15) is 51.7 Å². The zero-order valence-electron chi connectivity index (χ0n) is 18.8. The number of benzene rings is 3. The molecule has 4 aromatic rings. The molecule has 164 valence electrons. The molecule has 4 rings (SSSR count). The fourth-order valence-electron chi connectivity index (χ4n) is 4.16. The monoisotopic (exact) mass is 429 g/mol. The average Bonchev–Trinajstić information content (AvgIpc) is 3.10. The number of rotatable bonds is 5. The van der Waals surface area contributed by atoms with Crippen LogP contribution in [0.2, 0.25) is 0 Å². The van der Waals surface area contributed by atoms with E-state index in [9.17, 15) is 15.3 Å². The Morgan fingerprint density at radius 2 is 1.62 bits per heavy atom. The van der Waals surface area contributed by atoms with Crippen LogP contribution in [0.15, 0.2) is 65.8 Å². The maximum absolute atomic E-state index is 11.1. The molecule has 0 aliphatic rings. The van der Waals surface area contributed by atoms with Gasteiger partial charge < -0.3 is 9.77 Å². The van der Waals surface area contributed by atoms with Crippen LogP contribution < -0.4 is 0 Å². The van der Waals surface area contributed by atoms with E-state index < -0.39 is 0 Å². The standard InChI is InChI=1S/C26H27N3O3/c1-5-6-23(27-30)17-7-13-24-21(15-17)22-16-18(26(2,3)4)8-14-25(22)28(24)19-9-11-20(12-10-19)29(31)32/h7-16,30H,5-6H2,1-4H3/b27-23+. The van der Waals surface area contributed by atoms with E-state index in [0.29, 0.717) is 12.1 Å². The molecule has 0 bridgehead atoms. The van der Waals surface area contributed by atoms with Gasteiger partial charge in [0.1, 0.15) is 0 Å². The Morgan fingerprint density at radius 3 is 2.19 bits per heavy atom. The lowest BCUT2D eigenvalue weighted by Crippen LogP contribution is -2.10. The number of aromatic nitrogens is 1. The lowest BCUT2D eigenvalue weighted by Gasteiger charge is -2.19. The molecule has 0 saturated carbocycles. The summed E-state index contributed by atoms with van der Waals surface area (Å²) in [4.78, 5) is 10.7. The van der Waals surface area contributed by atoms with Crippen molar-refractivity contribution in [2.45, 2.75) is 46.0 Å². The highest BCUT2D eigenvalue weighted by molar-refractivity contribution is 6.12. The number of nitrogens with zero attached hydrogens (tertiary/aromatic N) is 3. The summed E-state index contributed by atoms with van der Waals surface area (Å²) < 4.78 is 2.13. The molecule has 0 unspecified atom stereocenters. The van der Waals surface area contributed by atoms with Crippen molar-refractivity contribution < 1.29 is 10.1 Å². The van der Waals surface area contributed by atoms with E-state index in [1.54, 1.807) is 12.1 Å². The molecule has 1 N–H and O–H groups in total. The zero-order valence-corrected chi connectivity index (χ0v) is 18.8. The third kappa shape index (κ3) is 3.73. The van der Waals surface area contributed by atoms with Crippen LogP contribution >= 0.6 is 0 Å². The second-order valence-electron chi connectivity index (χ2n) is 9.12. The summed E-state index contributed by atoms with van der Waals surface area (Å²) in [6.07, 6.45) is 1.58. The number of nitro groups is 1. The van der Waals surface area contributed by atoms with Crippen LogP contribution in [0.5, 0.6) is 0 Å². The quantitative estimate of drug-likeness (QED) is 0.161. The largest absolute Gasteiger partial charge is 0.411 e. The molecular weight excluding hydrogens is 402 g/mol. The molecule has 32 heavy (non-hydrogen) atoms. The van der Waals surface area contributed by atoms with Crippen molar-refractivity contribution in [3.8, 4) is 5.69 Å². The van der Waals surface area contributed by atoms with Crippen molar-refractivity contribution in [3.63, 3.8) is 0 Å². The van der Waals surface area contributed by atoms with Crippen LogP contribution in [0, 0.1) is 10.1 Å². The van der Waals surface area contributed by atoms with Crippen LogP contribution in [0.3, 0.4) is 0 Å². The highest BCUT2D eigenvalue weighted by atomic mass is 16.6. The molecule has 0 amide bonds. The minimum absolute atomic E-state index is 0.00644. The van der Waals surface area contributed by atoms with Gasteiger partial charge in [0.15, 0.2) is 0 Å². The first-order valence-electron chi connectivity index (χ1n) is 10.8. The van der Waals surface area contributed by atoms with Crippen LogP contribution in [0.25, 0.3) is 27.5 Å². The van der Waals surface area contributed by atoms with Gasteiger partial charge in [-0.3, -0.25) is 10.1 Å². The van der Waals surface area contributed by atoms with Gasteiger partial charge in [-0.25, -0.2) is 0 Å². The first kappa shape index (κ1) is 21.6. The topological polar surface area (TPSA) is 80.7 Å². The minimum Gasteiger partial charge on any atom is -0.411 e. The molecule has 0 saturated heterocycles. The van der Waals surface area contributed by atoms with Gasteiger partial charge in [-0.1, -0.05) is 51.4 Å². The van der Waals surface area contributed by atoms with E-state index in [0.717, 1.165) is 39.5 Å². The Balaban J connectivity index is 2.03. The molecule has 0 aliphatic heterocycles. The zero-order chi connectivity index (χ0) is 23.0. The number of hydrogen-bond donors (Lipinski definition) is 1. The summed E-state index contributed by atoms with van der Waals surface area (Å²) in [7, 11) is 0. The van der Waals surface area contributed by atoms with E-state index in [4.69, 9.17) is 0 Å². The fraction of sp³-hybridized carbons (Fsp3) is 0.269. The molecule has 0 radical (unpaired) electrons. The summed E-state index contributed by atoms with van der Waals surface area (Å²) in [5.41, 5.74) is 5.72. The van der Waals surface area contributed by atoms with Gasteiger partial charge in [0.25, 0.3) is 5.69 Å². The molecular formula is C26H27N3O3. The van der Waals surface area contributed by atoms with Crippen LogP contribution in [-0.4, -0.2) is 20.4 Å².